The van der Waals surface area contributed by atoms with E-state index in [0.29, 0.717) is 34.2 Å². The van der Waals surface area contributed by atoms with Gasteiger partial charge in [0.1, 0.15) is 35.1 Å². The highest BCUT2D eigenvalue weighted by Crippen LogP contribution is 2.34. The van der Waals surface area contributed by atoms with Gasteiger partial charge < -0.3 is 9.47 Å². The molecule has 0 atom stereocenters. The van der Waals surface area contributed by atoms with E-state index in [1.807, 2.05) is 60.7 Å². The van der Waals surface area contributed by atoms with Crippen molar-refractivity contribution in [1.82, 2.24) is 0 Å². The van der Waals surface area contributed by atoms with Crippen LogP contribution in [0.2, 0.25) is 0 Å². The maximum absolute atomic E-state index is 9.16. The van der Waals surface area contributed by atoms with Crippen molar-refractivity contribution < 1.29 is 9.47 Å². The van der Waals surface area contributed by atoms with Crippen LogP contribution in [0.5, 0.6) is 23.0 Å². The lowest BCUT2D eigenvalue weighted by molar-refractivity contribution is 0.482. The van der Waals surface area contributed by atoms with Gasteiger partial charge in [-0.05, 0) is 72.1 Å². The summed E-state index contributed by atoms with van der Waals surface area (Å²) < 4.78 is 11.6. The van der Waals surface area contributed by atoms with Gasteiger partial charge in [0.05, 0.1) is 24.3 Å². The van der Waals surface area contributed by atoms with Gasteiger partial charge in [0.2, 0.25) is 0 Å². The van der Waals surface area contributed by atoms with E-state index in [-0.39, 0.29) is 11.3 Å². The Labute approximate surface area is 203 Å². The molecule has 6 heteroatoms. The number of hydrogen-bond donors (Lipinski definition) is 0. The number of nitriles is 2. The minimum Gasteiger partial charge on any atom is -0.459 e. The Bertz CT molecular complexity index is 1430. The lowest BCUT2D eigenvalue weighted by Crippen LogP contribution is -1.91. The average molecular weight is 452 g/mol. The largest absolute Gasteiger partial charge is 0.459 e. The zero-order chi connectivity index (χ0) is 24.6. The SMILES string of the molecule is [C-]#[N+]c1ccc(Oc2ccc(Cc3ccc(Oc4ccc(C#N)c(C#N)c4)cc3)cc2)cc1[N+]#[C-]. The van der Waals surface area contributed by atoms with Crippen LogP contribution < -0.4 is 9.47 Å². The van der Waals surface area contributed by atoms with Gasteiger partial charge in [-0.1, -0.05) is 30.3 Å². The molecule has 0 saturated carbocycles. The second kappa shape index (κ2) is 10.4. The standard InChI is InChI=1S/C29H16N4O2/c1-32-28-14-13-27(17-29(28)33-2)35-25-10-5-21(6-11-25)15-20-3-8-24(9-4-20)34-26-12-7-22(18-30)23(16-26)19-31/h3-14,16-17H,15H2. The van der Waals surface area contributed by atoms with Crippen LogP contribution >= 0.6 is 0 Å². The number of rotatable bonds is 6. The van der Waals surface area contributed by atoms with Gasteiger partial charge >= 0.3 is 0 Å². The third kappa shape index (κ3) is 5.44. The van der Waals surface area contributed by atoms with E-state index >= 15 is 0 Å². The summed E-state index contributed by atoms with van der Waals surface area (Å²) in [6.45, 7) is 14.3. The van der Waals surface area contributed by atoms with Crippen LogP contribution in [-0.2, 0) is 6.42 Å². The Morgan fingerprint density at radius 3 is 1.57 bits per heavy atom. The molecule has 35 heavy (non-hydrogen) atoms. The van der Waals surface area contributed by atoms with Gasteiger partial charge in [0.15, 0.2) is 11.4 Å². The Kier molecular flexibility index (Phi) is 6.70. The summed E-state index contributed by atoms with van der Waals surface area (Å²) in [5.74, 6) is 2.28. The fourth-order valence-electron chi connectivity index (χ4n) is 3.39. The van der Waals surface area contributed by atoms with Crippen molar-refractivity contribution in [3.8, 4) is 35.1 Å². The zero-order valence-electron chi connectivity index (χ0n) is 18.4. The van der Waals surface area contributed by atoms with Crippen molar-refractivity contribution in [3.63, 3.8) is 0 Å². The summed E-state index contributed by atoms with van der Waals surface area (Å²) in [5, 5.41) is 18.2. The quantitative estimate of drug-likeness (QED) is 0.281. The van der Waals surface area contributed by atoms with Gasteiger partial charge in [0, 0.05) is 0 Å². The Hall–Kier alpha value is -5.56. The number of benzene rings is 4. The molecule has 0 amide bonds. The van der Waals surface area contributed by atoms with Crippen molar-refractivity contribution in [3.05, 3.63) is 130 Å². The molecule has 4 aromatic carbocycles. The maximum Gasteiger partial charge on any atom is 0.198 e. The lowest BCUT2D eigenvalue weighted by Gasteiger charge is -2.09. The van der Waals surface area contributed by atoms with Crippen LogP contribution in [-0.4, -0.2) is 0 Å². The molecule has 0 aliphatic heterocycles. The first kappa shape index (κ1) is 22.6. The molecular formula is C29H16N4O2. The summed E-state index contributed by atoms with van der Waals surface area (Å²) in [6.07, 6.45) is 0.720. The van der Waals surface area contributed by atoms with Crippen molar-refractivity contribution in [2.24, 2.45) is 0 Å². The highest BCUT2D eigenvalue weighted by Gasteiger charge is 2.07. The Morgan fingerprint density at radius 2 is 1.06 bits per heavy atom. The van der Waals surface area contributed by atoms with Gasteiger partial charge in [-0.2, -0.15) is 10.5 Å². The smallest absolute Gasteiger partial charge is 0.198 e. The molecule has 0 aliphatic carbocycles. The molecule has 4 aromatic rings. The van der Waals surface area contributed by atoms with Gasteiger partial charge in [-0.15, -0.1) is 0 Å². The Balaban J connectivity index is 1.39. The summed E-state index contributed by atoms with van der Waals surface area (Å²) in [4.78, 5) is 6.70. The Morgan fingerprint density at radius 1 is 0.571 bits per heavy atom. The topological polar surface area (TPSA) is 74.8 Å². The molecule has 0 heterocycles. The fourth-order valence-corrected chi connectivity index (χ4v) is 3.39. The average Bonchev–Trinajstić information content (AvgIpc) is 2.90. The summed E-state index contributed by atoms with van der Waals surface area (Å²) in [6, 6.07) is 29.0. The van der Waals surface area contributed by atoms with Crippen molar-refractivity contribution >= 4 is 11.4 Å². The van der Waals surface area contributed by atoms with E-state index in [4.69, 9.17) is 33.1 Å². The lowest BCUT2D eigenvalue weighted by atomic mass is 10.0. The summed E-state index contributed by atoms with van der Waals surface area (Å²) >= 11 is 0. The van der Waals surface area contributed by atoms with E-state index in [1.54, 1.807) is 36.4 Å². The van der Waals surface area contributed by atoms with Crippen molar-refractivity contribution in [2.45, 2.75) is 6.42 Å². The van der Waals surface area contributed by atoms with Crippen LogP contribution in [0.3, 0.4) is 0 Å². The molecule has 0 aliphatic rings. The monoisotopic (exact) mass is 452 g/mol. The second-order valence-electron chi connectivity index (χ2n) is 7.47. The minimum atomic E-state index is 0.270. The van der Waals surface area contributed by atoms with Gasteiger partial charge in [-0.3, -0.25) is 4.85 Å². The first-order valence-corrected chi connectivity index (χ1v) is 10.5. The van der Waals surface area contributed by atoms with E-state index in [0.717, 1.165) is 17.5 Å². The molecule has 0 unspecified atom stereocenters. The predicted octanol–water partition coefficient (Wildman–Crippen LogP) is 7.71. The van der Waals surface area contributed by atoms with E-state index in [2.05, 4.69) is 9.69 Å². The third-order valence-corrected chi connectivity index (χ3v) is 5.15. The van der Waals surface area contributed by atoms with Crippen molar-refractivity contribution in [2.75, 3.05) is 0 Å². The molecule has 0 bridgehead atoms. The molecule has 164 valence electrons. The highest BCUT2D eigenvalue weighted by atomic mass is 16.5. The normalized spacial score (nSPS) is 9.71. The molecule has 0 radical (unpaired) electrons. The molecule has 0 spiro atoms. The summed E-state index contributed by atoms with van der Waals surface area (Å²) in [5.41, 5.74) is 3.37. The van der Waals surface area contributed by atoms with Crippen molar-refractivity contribution in [1.29, 1.82) is 10.5 Å². The van der Waals surface area contributed by atoms with Gasteiger partial charge in [0.25, 0.3) is 0 Å². The van der Waals surface area contributed by atoms with Crippen LogP contribution in [0, 0.1) is 35.8 Å². The number of ether oxygens (including phenoxy) is 2. The predicted molar refractivity (Wildman–Crippen MR) is 131 cm³/mol. The van der Waals surface area contributed by atoms with E-state index in [1.165, 1.54) is 0 Å². The molecule has 0 N–H and O–H groups in total. The third-order valence-electron chi connectivity index (χ3n) is 5.15. The maximum atomic E-state index is 9.16. The molecule has 6 nitrogen and oxygen atoms in total. The number of hydrogen-bond acceptors (Lipinski definition) is 4. The second-order valence-corrected chi connectivity index (χ2v) is 7.47. The van der Waals surface area contributed by atoms with Crippen LogP contribution in [0.4, 0.5) is 11.4 Å². The first-order valence-electron chi connectivity index (χ1n) is 10.5. The molecule has 0 fully saturated rings. The van der Waals surface area contributed by atoms with E-state index in [9.17, 15) is 0 Å². The fraction of sp³-hybridized carbons (Fsp3) is 0.0345. The van der Waals surface area contributed by atoms with Gasteiger partial charge in [-0.25, -0.2) is 4.85 Å². The molecular weight excluding hydrogens is 436 g/mol. The number of nitrogens with zero attached hydrogens (tertiary/aromatic N) is 4. The van der Waals surface area contributed by atoms with Crippen LogP contribution in [0.15, 0.2) is 84.9 Å². The zero-order valence-corrected chi connectivity index (χ0v) is 18.4. The van der Waals surface area contributed by atoms with E-state index < -0.39 is 0 Å². The molecule has 0 saturated heterocycles. The van der Waals surface area contributed by atoms with Crippen LogP contribution in [0.25, 0.3) is 9.69 Å². The summed E-state index contributed by atoms with van der Waals surface area (Å²) in [7, 11) is 0. The first-order chi connectivity index (χ1) is 17.1. The minimum absolute atomic E-state index is 0.270. The van der Waals surface area contributed by atoms with Crippen LogP contribution in [0.1, 0.15) is 22.3 Å². The molecule has 0 aromatic heterocycles. The molecule has 4 rings (SSSR count). The highest BCUT2D eigenvalue weighted by molar-refractivity contribution is 5.72.